The molecule has 1 saturated heterocycles. The van der Waals surface area contributed by atoms with Gasteiger partial charge in [-0.3, -0.25) is 10.1 Å². The van der Waals surface area contributed by atoms with Crippen molar-refractivity contribution in [3.8, 4) is 0 Å². The fourth-order valence-electron chi connectivity index (χ4n) is 2.32. The Bertz CT molecular complexity index is 526. The number of aliphatic hydroxyl groups is 1. The zero-order valence-corrected chi connectivity index (χ0v) is 10.8. The van der Waals surface area contributed by atoms with Crippen LogP contribution in [0.15, 0.2) is 12.1 Å². The maximum Gasteiger partial charge on any atom is 0.328 e. The molecule has 0 radical (unpaired) electrons. The van der Waals surface area contributed by atoms with E-state index in [1.807, 2.05) is 0 Å². The molecule has 0 spiro atoms. The molecule has 2 rings (SSSR count). The highest BCUT2D eigenvalue weighted by Crippen LogP contribution is 2.33. The molecule has 1 N–H and O–H groups in total. The number of hydrogen-bond donors (Lipinski definition) is 1. The van der Waals surface area contributed by atoms with Crippen LogP contribution in [0.1, 0.15) is 6.92 Å². The summed E-state index contributed by atoms with van der Waals surface area (Å²) in [6.07, 6.45) is -0.864. The quantitative estimate of drug-likeness (QED) is 0.673. The van der Waals surface area contributed by atoms with E-state index in [0.29, 0.717) is 6.07 Å². The number of halogens is 2. The lowest BCUT2D eigenvalue weighted by Gasteiger charge is -2.37. The molecule has 6 nitrogen and oxygen atoms in total. The van der Waals surface area contributed by atoms with Crippen molar-refractivity contribution in [2.75, 3.05) is 24.6 Å². The number of nitro groups is 1. The smallest absolute Gasteiger partial charge is 0.328 e. The molecule has 1 aromatic carbocycles. The summed E-state index contributed by atoms with van der Waals surface area (Å²) in [7, 11) is 0. The van der Waals surface area contributed by atoms with Crippen LogP contribution in [0.5, 0.6) is 0 Å². The van der Waals surface area contributed by atoms with Crippen LogP contribution in [0.3, 0.4) is 0 Å². The lowest BCUT2D eigenvalue weighted by Crippen LogP contribution is -2.48. The van der Waals surface area contributed by atoms with Crippen LogP contribution < -0.4 is 4.90 Å². The molecule has 8 heteroatoms. The van der Waals surface area contributed by atoms with Crippen molar-refractivity contribution in [3.05, 3.63) is 33.9 Å². The van der Waals surface area contributed by atoms with Gasteiger partial charge in [-0.2, -0.15) is 4.39 Å². The van der Waals surface area contributed by atoms with E-state index >= 15 is 0 Å². The number of benzene rings is 1. The largest absolute Gasteiger partial charge is 0.394 e. The summed E-state index contributed by atoms with van der Waals surface area (Å²) < 4.78 is 32.3. The van der Waals surface area contributed by atoms with Gasteiger partial charge < -0.3 is 14.7 Å². The van der Waals surface area contributed by atoms with Crippen LogP contribution in [-0.4, -0.2) is 41.9 Å². The third-order valence-corrected chi connectivity index (χ3v) is 3.06. The Balaban J connectivity index is 2.43. The maximum absolute atomic E-state index is 13.6. The average Bonchev–Trinajstić information content (AvgIpc) is 2.36. The van der Waals surface area contributed by atoms with Crippen molar-refractivity contribution < 1.29 is 23.5 Å². The van der Waals surface area contributed by atoms with Crippen molar-refractivity contribution >= 4 is 11.4 Å². The second-order valence-corrected chi connectivity index (χ2v) is 4.67. The average molecular weight is 288 g/mol. The van der Waals surface area contributed by atoms with Gasteiger partial charge in [0, 0.05) is 25.2 Å². The zero-order chi connectivity index (χ0) is 14.9. The number of nitrogens with zero attached hydrogens (tertiary/aromatic N) is 2. The number of aliphatic hydroxyl groups excluding tert-OH is 1. The van der Waals surface area contributed by atoms with Gasteiger partial charge in [0.15, 0.2) is 0 Å². The van der Waals surface area contributed by atoms with E-state index in [1.54, 1.807) is 6.92 Å². The number of morpholine rings is 1. The molecule has 1 aromatic rings. The van der Waals surface area contributed by atoms with Gasteiger partial charge in [-0.1, -0.05) is 0 Å². The number of nitro benzene ring substituents is 1. The minimum atomic E-state index is -1.22. The molecule has 2 unspecified atom stereocenters. The Morgan fingerprint density at radius 1 is 1.50 bits per heavy atom. The Morgan fingerprint density at radius 3 is 2.80 bits per heavy atom. The summed E-state index contributed by atoms with van der Waals surface area (Å²) in [6, 6.07) is 1.41. The molecule has 0 aromatic heterocycles. The minimum absolute atomic E-state index is 0.130. The molecule has 20 heavy (non-hydrogen) atoms. The topological polar surface area (TPSA) is 75.8 Å². The molecule has 110 valence electrons. The van der Waals surface area contributed by atoms with E-state index < -0.39 is 28.3 Å². The monoisotopic (exact) mass is 288 g/mol. The van der Waals surface area contributed by atoms with E-state index in [1.165, 1.54) is 4.90 Å². The van der Waals surface area contributed by atoms with Gasteiger partial charge in [0.1, 0.15) is 11.5 Å². The molecule has 0 aliphatic carbocycles. The summed E-state index contributed by atoms with van der Waals surface area (Å²) >= 11 is 0. The van der Waals surface area contributed by atoms with Gasteiger partial charge in [-0.05, 0) is 6.92 Å². The van der Waals surface area contributed by atoms with Crippen LogP contribution in [0.25, 0.3) is 0 Å². The second-order valence-electron chi connectivity index (χ2n) is 4.67. The van der Waals surface area contributed by atoms with Gasteiger partial charge in [0.2, 0.25) is 5.82 Å². The molecule has 2 atom stereocenters. The summed E-state index contributed by atoms with van der Waals surface area (Å²) in [5.74, 6) is -2.10. The van der Waals surface area contributed by atoms with Crippen molar-refractivity contribution in [2.24, 2.45) is 0 Å². The Morgan fingerprint density at radius 2 is 2.20 bits per heavy atom. The first-order valence-electron chi connectivity index (χ1n) is 6.07. The Labute approximate surface area is 113 Å². The number of anilines is 1. The van der Waals surface area contributed by atoms with E-state index in [2.05, 4.69) is 0 Å². The highest BCUT2D eigenvalue weighted by molar-refractivity contribution is 5.64. The van der Waals surface area contributed by atoms with Crippen molar-refractivity contribution in [1.29, 1.82) is 0 Å². The van der Waals surface area contributed by atoms with Crippen LogP contribution in [0.2, 0.25) is 0 Å². The second kappa shape index (κ2) is 5.68. The normalized spacial score (nSPS) is 22.9. The molecular formula is C12H14F2N2O4. The molecule has 0 bridgehead atoms. The highest BCUT2D eigenvalue weighted by Gasteiger charge is 2.31. The fourth-order valence-corrected chi connectivity index (χ4v) is 2.32. The summed E-state index contributed by atoms with van der Waals surface area (Å²) in [5, 5.41) is 20.1. The van der Waals surface area contributed by atoms with Crippen LogP contribution >= 0.6 is 0 Å². The maximum atomic E-state index is 13.6. The molecule has 1 aliphatic heterocycles. The summed E-state index contributed by atoms with van der Waals surface area (Å²) in [4.78, 5) is 11.5. The van der Waals surface area contributed by atoms with E-state index in [-0.39, 0.29) is 31.5 Å². The third kappa shape index (κ3) is 2.86. The van der Waals surface area contributed by atoms with E-state index in [4.69, 9.17) is 9.84 Å². The lowest BCUT2D eigenvalue weighted by molar-refractivity contribution is -0.386. The third-order valence-electron chi connectivity index (χ3n) is 3.06. The van der Waals surface area contributed by atoms with Gasteiger partial charge in [0.25, 0.3) is 0 Å². The number of hydrogen-bond acceptors (Lipinski definition) is 5. The first-order chi connectivity index (χ1) is 9.42. The predicted molar refractivity (Wildman–Crippen MR) is 66.6 cm³/mol. The van der Waals surface area contributed by atoms with E-state index in [9.17, 15) is 18.9 Å². The first-order valence-corrected chi connectivity index (χ1v) is 6.07. The van der Waals surface area contributed by atoms with Crippen molar-refractivity contribution in [2.45, 2.75) is 19.1 Å². The molecular weight excluding hydrogens is 274 g/mol. The summed E-state index contributed by atoms with van der Waals surface area (Å²) in [6.45, 7) is 1.83. The van der Waals surface area contributed by atoms with Crippen LogP contribution in [0, 0.1) is 21.7 Å². The Hall–Kier alpha value is -1.80. The molecule has 0 amide bonds. The number of ether oxygens (including phenoxy) is 1. The predicted octanol–water partition coefficient (Wildman–Crippen LogP) is 1.46. The van der Waals surface area contributed by atoms with Crippen molar-refractivity contribution in [1.82, 2.24) is 0 Å². The van der Waals surface area contributed by atoms with Gasteiger partial charge in [0.05, 0.1) is 23.7 Å². The highest BCUT2D eigenvalue weighted by atomic mass is 19.1. The number of rotatable bonds is 3. The minimum Gasteiger partial charge on any atom is -0.394 e. The van der Waals surface area contributed by atoms with Gasteiger partial charge in [-0.25, -0.2) is 4.39 Å². The molecule has 1 heterocycles. The SMILES string of the molecule is CC1CN(c2cc(F)cc(F)c2[N+](=O)[O-])CC(CO)O1. The zero-order valence-electron chi connectivity index (χ0n) is 10.8. The van der Waals surface area contributed by atoms with Crippen molar-refractivity contribution in [3.63, 3.8) is 0 Å². The van der Waals surface area contributed by atoms with Crippen LogP contribution in [-0.2, 0) is 4.74 Å². The Kier molecular flexibility index (Phi) is 4.15. The van der Waals surface area contributed by atoms with Crippen LogP contribution in [0.4, 0.5) is 20.2 Å². The summed E-state index contributed by atoms with van der Waals surface area (Å²) in [5.41, 5.74) is -0.904. The molecule has 1 fully saturated rings. The van der Waals surface area contributed by atoms with E-state index in [0.717, 1.165) is 6.07 Å². The van der Waals surface area contributed by atoms with Gasteiger partial charge >= 0.3 is 5.69 Å². The first kappa shape index (κ1) is 14.6. The molecule has 0 saturated carbocycles. The standard InChI is InChI=1S/C12H14F2N2O4/c1-7-4-15(5-9(6-17)20-7)11-3-8(13)2-10(14)12(11)16(18)19/h2-3,7,9,17H,4-6H2,1H3. The van der Waals surface area contributed by atoms with Gasteiger partial charge in [-0.15, -0.1) is 0 Å². The lowest BCUT2D eigenvalue weighted by atomic mass is 10.1. The molecule has 1 aliphatic rings. The fraction of sp³-hybridized carbons (Fsp3) is 0.500.